The lowest BCUT2D eigenvalue weighted by molar-refractivity contribution is 0.174. The van der Waals surface area contributed by atoms with Gasteiger partial charge in [0.1, 0.15) is 6.10 Å². The van der Waals surface area contributed by atoms with E-state index in [-0.39, 0.29) is 11.5 Å². The van der Waals surface area contributed by atoms with Crippen LogP contribution >= 0.6 is 0 Å². The molecule has 2 aliphatic rings. The number of para-hydroxylation sites is 2. The molecule has 1 atom stereocenters. The van der Waals surface area contributed by atoms with E-state index in [0.29, 0.717) is 0 Å². The Morgan fingerprint density at radius 3 is 1.75 bits per heavy atom. The summed E-state index contributed by atoms with van der Waals surface area (Å²) in [4.78, 5) is 2.37. The molecule has 9 rings (SSSR count). The molecule has 1 aliphatic carbocycles. The number of hydrogen-bond donors (Lipinski definition) is 0. The van der Waals surface area contributed by atoms with Crippen molar-refractivity contribution in [1.29, 1.82) is 0 Å². The Kier molecular flexibility index (Phi) is 9.26. The molecule has 0 radical (unpaired) electrons. The third-order valence-electron chi connectivity index (χ3n) is 11.7. The molecule has 7 aromatic rings. The van der Waals surface area contributed by atoms with Crippen LogP contribution < -0.4 is 4.90 Å². The van der Waals surface area contributed by atoms with E-state index in [1.165, 1.54) is 66.9 Å². The molecule has 2 nitrogen and oxygen atoms in total. The van der Waals surface area contributed by atoms with Gasteiger partial charge >= 0.3 is 0 Å². The second-order valence-corrected chi connectivity index (χ2v) is 14.7. The average Bonchev–Trinajstić information content (AvgIpc) is 3.89. The largest absolute Gasteiger partial charge is 0.493 e. The second-order valence-electron chi connectivity index (χ2n) is 14.7. The van der Waals surface area contributed by atoms with E-state index in [4.69, 9.17) is 4.74 Å². The fourth-order valence-electron chi connectivity index (χ4n) is 8.81. The zero-order chi connectivity index (χ0) is 37.2. The highest BCUT2D eigenvalue weighted by Crippen LogP contribution is 2.54. The lowest BCUT2D eigenvalue weighted by Crippen LogP contribution is -2.23. The number of fused-ring (bicyclic) bond motifs is 3. The summed E-state index contributed by atoms with van der Waals surface area (Å²) in [5, 5.41) is 0. The molecule has 1 heterocycles. The number of benzene rings is 7. The Morgan fingerprint density at radius 2 is 1.11 bits per heavy atom. The number of rotatable bonds is 10. The molecule has 0 amide bonds. The molecule has 1 unspecified atom stereocenters. The highest BCUT2D eigenvalue weighted by molar-refractivity contribution is 5.87. The van der Waals surface area contributed by atoms with Gasteiger partial charge in [0.15, 0.2) is 0 Å². The topological polar surface area (TPSA) is 12.5 Å². The summed E-state index contributed by atoms with van der Waals surface area (Å²) >= 11 is 0. The van der Waals surface area contributed by atoms with Gasteiger partial charge in [-0.15, -0.1) is 0 Å². The fourth-order valence-corrected chi connectivity index (χ4v) is 8.81. The van der Waals surface area contributed by atoms with Crippen molar-refractivity contribution in [2.45, 2.75) is 44.6 Å². The first kappa shape index (κ1) is 34.4. The van der Waals surface area contributed by atoms with E-state index < -0.39 is 0 Å². The summed E-state index contributed by atoms with van der Waals surface area (Å²) in [6.07, 6.45) is 11.5. The molecule has 0 aromatic heterocycles. The van der Waals surface area contributed by atoms with Gasteiger partial charge in [0.2, 0.25) is 0 Å². The molecule has 0 fully saturated rings. The van der Waals surface area contributed by atoms with Crippen LogP contribution in [-0.2, 0) is 10.2 Å². The van der Waals surface area contributed by atoms with Crippen molar-refractivity contribution >= 4 is 29.2 Å². The van der Waals surface area contributed by atoms with Gasteiger partial charge in [-0.2, -0.15) is 0 Å². The summed E-state index contributed by atoms with van der Waals surface area (Å²) in [7, 11) is 0. The first-order valence-corrected chi connectivity index (χ1v) is 19.6. The molecule has 0 bridgehead atoms. The summed E-state index contributed by atoms with van der Waals surface area (Å²) < 4.78 is 6.00. The van der Waals surface area contributed by atoms with Crippen molar-refractivity contribution in [3.8, 4) is 33.4 Å². The lowest BCUT2D eigenvalue weighted by atomic mass is 9.73. The smallest absolute Gasteiger partial charge is 0.127 e. The maximum Gasteiger partial charge on any atom is 0.127 e. The minimum absolute atomic E-state index is 0.0435. The maximum absolute atomic E-state index is 6.00. The average molecular weight is 712 g/mol. The molecule has 7 aromatic carbocycles. The van der Waals surface area contributed by atoms with Crippen molar-refractivity contribution < 1.29 is 4.74 Å². The summed E-state index contributed by atoms with van der Waals surface area (Å²) in [6.45, 7) is 4.70. The Bertz CT molecular complexity index is 2450. The van der Waals surface area contributed by atoms with E-state index in [0.717, 1.165) is 30.6 Å². The second kappa shape index (κ2) is 14.8. The van der Waals surface area contributed by atoms with E-state index >= 15 is 0 Å². The number of hydrogen-bond acceptors (Lipinski definition) is 2. The standard InChI is InChI=1S/C53H45NO/c1-3-53(4-2)50-35-39(26-31-46(50)47-33-30-45(37-51(47)53)54(43-17-10-6-11-18-43)44-19-12-7-13-20-44)23-22-38-24-27-41(28-25-38)49-36-42(40-15-8-5-9-16-40)29-32-48(49)52-21-14-34-55-52/h5-20,22-37,52H,3-4,21H2,1-2H3/b23-22+. The lowest BCUT2D eigenvalue weighted by Gasteiger charge is -2.32. The van der Waals surface area contributed by atoms with E-state index in [1.54, 1.807) is 0 Å². The van der Waals surface area contributed by atoms with Crippen LogP contribution in [0.4, 0.5) is 17.1 Å². The van der Waals surface area contributed by atoms with Crippen LogP contribution in [0, 0.1) is 0 Å². The quantitative estimate of drug-likeness (QED) is 0.131. The minimum atomic E-state index is -0.0598. The van der Waals surface area contributed by atoms with Crippen LogP contribution in [0.1, 0.15) is 67.0 Å². The highest BCUT2D eigenvalue weighted by Gasteiger charge is 2.41. The van der Waals surface area contributed by atoms with E-state index in [1.807, 2.05) is 6.26 Å². The number of ether oxygens (including phenoxy) is 1. The molecule has 1 aliphatic heterocycles. The summed E-state index contributed by atoms with van der Waals surface area (Å²) in [5.74, 6) is 0. The van der Waals surface area contributed by atoms with Gasteiger partial charge in [0.25, 0.3) is 0 Å². The molecule has 0 saturated carbocycles. The summed E-state index contributed by atoms with van der Waals surface area (Å²) in [5.41, 5.74) is 17.5. The van der Waals surface area contributed by atoms with Crippen LogP contribution in [0.5, 0.6) is 0 Å². The van der Waals surface area contributed by atoms with Crippen molar-refractivity contribution in [1.82, 2.24) is 0 Å². The Balaban J connectivity index is 1.02. The predicted molar refractivity (Wildman–Crippen MR) is 232 cm³/mol. The maximum atomic E-state index is 6.00. The third-order valence-corrected chi connectivity index (χ3v) is 11.7. The monoisotopic (exact) mass is 711 g/mol. The van der Waals surface area contributed by atoms with Gasteiger partial charge in [-0.25, -0.2) is 0 Å². The SMILES string of the molecule is CCC1(CC)c2cc(/C=C/c3ccc(-c4cc(-c5ccccc5)ccc4C4CC=CO4)cc3)ccc2-c2ccc(N(c3ccccc3)c3ccccc3)cc21. The fraction of sp³-hybridized carbons (Fsp3) is 0.132. The summed E-state index contributed by atoms with van der Waals surface area (Å²) in [6, 6.07) is 61.9. The minimum Gasteiger partial charge on any atom is -0.493 e. The normalized spacial score (nSPS) is 15.1. The van der Waals surface area contributed by atoms with Crippen molar-refractivity contribution in [3.63, 3.8) is 0 Å². The van der Waals surface area contributed by atoms with Gasteiger partial charge in [-0.1, -0.05) is 153 Å². The van der Waals surface area contributed by atoms with Gasteiger partial charge in [-0.3, -0.25) is 0 Å². The Labute approximate surface area is 325 Å². The molecule has 0 N–H and O–H groups in total. The van der Waals surface area contributed by atoms with Crippen LogP contribution in [0.3, 0.4) is 0 Å². The molecule has 0 spiro atoms. The van der Waals surface area contributed by atoms with Crippen molar-refractivity contribution in [3.05, 3.63) is 210 Å². The zero-order valence-corrected chi connectivity index (χ0v) is 31.5. The third kappa shape index (κ3) is 6.38. The Hall–Kier alpha value is -6.38. The van der Waals surface area contributed by atoms with Gasteiger partial charge < -0.3 is 9.64 Å². The Morgan fingerprint density at radius 1 is 0.527 bits per heavy atom. The van der Waals surface area contributed by atoms with Crippen molar-refractivity contribution in [2.24, 2.45) is 0 Å². The zero-order valence-electron chi connectivity index (χ0n) is 31.5. The molecular weight excluding hydrogens is 667 g/mol. The van der Waals surface area contributed by atoms with Gasteiger partial charge in [-0.05, 0) is 117 Å². The van der Waals surface area contributed by atoms with E-state index in [9.17, 15) is 0 Å². The molecule has 268 valence electrons. The van der Waals surface area contributed by atoms with Crippen LogP contribution in [0.15, 0.2) is 182 Å². The number of anilines is 3. The molecule has 0 saturated heterocycles. The first-order valence-electron chi connectivity index (χ1n) is 19.6. The van der Waals surface area contributed by atoms with Gasteiger partial charge in [0.05, 0.1) is 6.26 Å². The van der Waals surface area contributed by atoms with Crippen LogP contribution in [-0.4, -0.2) is 0 Å². The highest BCUT2D eigenvalue weighted by atomic mass is 16.5. The van der Waals surface area contributed by atoms with Gasteiger partial charge in [0, 0.05) is 34.5 Å². The molecular formula is C53H45NO. The van der Waals surface area contributed by atoms with Crippen LogP contribution in [0.25, 0.3) is 45.5 Å². The van der Waals surface area contributed by atoms with Crippen molar-refractivity contribution in [2.75, 3.05) is 4.90 Å². The van der Waals surface area contributed by atoms with E-state index in [2.05, 4.69) is 207 Å². The van der Waals surface area contributed by atoms with Crippen LogP contribution in [0.2, 0.25) is 0 Å². The predicted octanol–water partition coefficient (Wildman–Crippen LogP) is 14.7. The number of nitrogens with zero attached hydrogens (tertiary/aromatic N) is 1. The molecule has 2 heteroatoms. The first-order chi connectivity index (χ1) is 27.1. The molecule has 55 heavy (non-hydrogen) atoms.